The molecule has 2 aliphatic rings. The summed E-state index contributed by atoms with van der Waals surface area (Å²) in [6, 6.07) is 4.19. The Hall–Kier alpha value is -1.60. The Morgan fingerprint density at radius 3 is 2.52 bits per heavy atom. The van der Waals surface area contributed by atoms with Crippen LogP contribution in [-0.2, 0) is 11.3 Å². The number of guanidine groups is 1. The van der Waals surface area contributed by atoms with E-state index >= 15 is 0 Å². The molecule has 6 nitrogen and oxygen atoms in total. The predicted octanol–water partition coefficient (Wildman–Crippen LogP) is 3.06. The lowest BCUT2D eigenvalue weighted by molar-refractivity contribution is -0.127. The molecular weight excluding hydrogens is 382 g/mol. The monoisotopic (exact) mass is 419 g/mol. The number of nitrogens with one attached hydrogen (secondary N) is 2. The van der Waals surface area contributed by atoms with Crippen LogP contribution in [0.5, 0.6) is 0 Å². The molecule has 1 aliphatic carbocycles. The minimum Gasteiger partial charge on any atom is -0.355 e. The number of carbonyl (C=O) groups is 1. The van der Waals surface area contributed by atoms with Crippen LogP contribution in [0.3, 0.4) is 0 Å². The van der Waals surface area contributed by atoms with Gasteiger partial charge in [-0.05, 0) is 50.2 Å². The highest BCUT2D eigenvalue weighted by Gasteiger charge is 2.38. The molecule has 2 N–H and O–H groups in total. The lowest BCUT2D eigenvalue weighted by Gasteiger charge is -2.48. The van der Waals surface area contributed by atoms with Gasteiger partial charge in [-0.3, -0.25) is 9.69 Å². The zero-order chi connectivity index (χ0) is 20.5. The topological polar surface area (TPSA) is 60.0 Å². The van der Waals surface area contributed by atoms with Crippen molar-refractivity contribution in [2.75, 3.05) is 40.3 Å². The third-order valence-electron chi connectivity index (χ3n) is 6.28. The van der Waals surface area contributed by atoms with E-state index in [-0.39, 0.29) is 18.0 Å². The summed E-state index contributed by atoms with van der Waals surface area (Å²) < 4.78 is 0. The molecule has 0 spiro atoms. The van der Waals surface area contributed by atoms with E-state index in [1.807, 2.05) is 0 Å². The van der Waals surface area contributed by atoms with E-state index in [9.17, 15) is 4.79 Å². The van der Waals surface area contributed by atoms with Gasteiger partial charge in [0.15, 0.2) is 5.96 Å². The Bertz CT molecular complexity index is 646. The Morgan fingerprint density at radius 1 is 1.14 bits per heavy atom. The number of rotatable bonds is 7. The van der Waals surface area contributed by atoms with Gasteiger partial charge in [0.1, 0.15) is 6.54 Å². The van der Waals surface area contributed by atoms with E-state index in [2.05, 4.69) is 38.0 Å². The number of carbonyl (C=O) groups excluding carboxylic acids is 1. The average Bonchev–Trinajstić information content (AvgIpc) is 3.28. The molecule has 7 heteroatoms. The maximum atomic E-state index is 12.1. The van der Waals surface area contributed by atoms with Gasteiger partial charge >= 0.3 is 0 Å². The van der Waals surface area contributed by atoms with E-state index < -0.39 is 0 Å². The van der Waals surface area contributed by atoms with Gasteiger partial charge in [0.05, 0.1) is 6.54 Å². The number of piperidine rings is 1. The molecule has 0 bridgehead atoms. The van der Waals surface area contributed by atoms with E-state index in [1.54, 1.807) is 30.3 Å². The normalized spacial score (nSPS) is 20.3. The molecule has 1 aliphatic heterocycles. The van der Waals surface area contributed by atoms with Crippen molar-refractivity contribution >= 4 is 23.2 Å². The number of likely N-dealkylation sites (N-methyl/N-ethyl adjacent to an activating group) is 1. The van der Waals surface area contributed by atoms with Crippen molar-refractivity contribution in [3.63, 3.8) is 0 Å². The van der Waals surface area contributed by atoms with Gasteiger partial charge in [0.2, 0.25) is 5.91 Å². The van der Waals surface area contributed by atoms with Crippen molar-refractivity contribution in [1.82, 2.24) is 20.4 Å². The molecule has 2 heterocycles. The van der Waals surface area contributed by atoms with Crippen LogP contribution >= 0.6 is 11.3 Å². The molecule has 1 saturated carbocycles. The minimum atomic E-state index is 0.0191. The van der Waals surface area contributed by atoms with Crippen molar-refractivity contribution < 1.29 is 4.79 Å². The van der Waals surface area contributed by atoms with Crippen LogP contribution in [0.1, 0.15) is 56.2 Å². The van der Waals surface area contributed by atoms with Crippen LogP contribution in [0.4, 0.5) is 0 Å². The fourth-order valence-electron chi connectivity index (χ4n) is 4.48. The van der Waals surface area contributed by atoms with Crippen LogP contribution < -0.4 is 10.6 Å². The highest BCUT2D eigenvalue weighted by atomic mass is 32.1. The summed E-state index contributed by atoms with van der Waals surface area (Å²) in [4.78, 5) is 22.2. The average molecular weight is 420 g/mol. The van der Waals surface area contributed by atoms with Crippen molar-refractivity contribution in [3.8, 4) is 0 Å². The largest absolute Gasteiger partial charge is 0.355 e. The molecular formula is C22H37N5OS. The molecule has 1 aromatic rings. The summed E-state index contributed by atoms with van der Waals surface area (Å²) >= 11 is 1.73. The van der Waals surface area contributed by atoms with Gasteiger partial charge in [0, 0.05) is 31.1 Å². The Balaban J connectivity index is 1.66. The Labute approximate surface area is 179 Å². The van der Waals surface area contributed by atoms with Gasteiger partial charge in [0.25, 0.3) is 0 Å². The molecule has 3 rings (SSSR count). The molecule has 0 unspecified atom stereocenters. The van der Waals surface area contributed by atoms with E-state index in [0.717, 1.165) is 19.0 Å². The zero-order valence-corrected chi connectivity index (χ0v) is 18.9. The second kappa shape index (κ2) is 11.0. The molecule has 0 radical (unpaired) electrons. The van der Waals surface area contributed by atoms with Crippen molar-refractivity contribution in [3.05, 3.63) is 22.4 Å². The number of nitrogens with zero attached hydrogens (tertiary/aromatic N) is 3. The smallest absolute Gasteiger partial charge is 0.243 e. The number of hydrogen-bond donors (Lipinski definition) is 2. The molecule has 1 amide bonds. The number of amides is 1. The molecule has 0 aromatic carbocycles. The van der Waals surface area contributed by atoms with E-state index in [0.29, 0.717) is 0 Å². The standard InChI is InChI=1S/C22H37N5OS/c1-26(2)20(28)17-24-21(23-16-19-10-9-15-29-19)25-18-22(11-5-3-6-12-22)27-13-7-4-8-14-27/h9-10,15H,3-8,11-14,16-18H2,1-2H3,(H2,23,24,25). The second-order valence-electron chi connectivity index (χ2n) is 8.57. The highest BCUT2D eigenvalue weighted by molar-refractivity contribution is 7.09. The minimum absolute atomic E-state index is 0.0191. The third-order valence-corrected chi connectivity index (χ3v) is 7.15. The maximum Gasteiger partial charge on any atom is 0.243 e. The first-order valence-corrected chi connectivity index (χ1v) is 12.0. The van der Waals surface area contributed by atoms with Crippen molar-refractivity contribution in [1.29, 1.82) is 0 Å². The predicted molar refractivity (Wildman–Crippen MR) is 121 cm³/mol. The lowest BCUT2D eigenvalue weighted by Crippen LogP contribution is -2.59. The van der Waals surface area contributed by atoms with Gasteiger partial charge in [-0.1, -0.05) is 31.7 Å². The zero-order valence-electron chi connectivity index (χ0n) is 18.1. The van der Waals surface area contributed by atoms with Crippen LogP contribution in [0.2, 0.25) is 0 Å². The summed E-state index contributed by atoms with van der Waals surface area (Å²) in [5.41, 5.74) is 0.232. The first kappa shape index (κ1) is 22.1. The van der Waals surface area contributed by atoms with E-state index in [4.69, 9.17) is 0 Å². The lowest BCUT2D eigenvalue weighted by atomic mass is 9.79. The summed E-state index contributed by atoms with van der Waals surface area (Å²) in [7, 11) is 3.55. The Morgan fingerprint density at radius 2 is 1.86 bits per heavy atom. The number of thiophene rings is 1. The molecule has 1 saturated heterocycles. The first-order valence-electron chi connectivity index (χ1n) is 11.1. The summed E-state index contributed by atoms with van der Waals surface area (Å²) in [5, 5.41) is 9.14. The fraction of sp³-hybridized carbons (Fsp3) is 0.727. The summed E-state index contributed by atoms with van der Waals surface area (Å²) in [6.45, 7) is 4.24. The quantitative estimate of drug-likeness (QED) is 0.527. The van der Waals surface area contributed by atoms with Gasteiger partial charge < -0.3 is 15.5 Å². The maximum absolute atomic E-state index is 12.1. The molecule has 1 aromatic heterocycles. The first-order chi connectivity index (χ1) is 14.1. The van der Waals surface area contributed by atoms with E-state index in [1.165, 1.54) is 69.3 Å². The van der Waals surface area contributed by atoms with Crippen LogP contribution in [-0.4, -0.2) is 67.5 Å². The van der Waals surface area contributed by atoms with Crippen molar-refractivity contribution in [2.24, 2.45) is 4.99 Å². The molecule has 2 fully saturated rings. The third kappa shape index (κ3) is 6.44. The summed E-state index contributed by atoms with van der Waals surface area (Å²) in [5.74, 6) is 0.765. The molecule has 29 heavy (non-hydrogen) atoms. The number of likely N-dealkylation sites (tertiary alicyclic amines) is 1. The molecule has 162 valence electrons. The molecule has 0 atom stereocenters. The Kier molecular flexibility index (Phi) is 8.36. The number of hydrogen-bond acceptors (Lipinski definition) is 4. The van der Waals surface area contributed by atoms with Crippen LogP contribution in [0, 0.1) is 0 Å². The second-order valence-corrected chi connectivity index (χ2v) is 9.60. The van der Waals surface area contributed by atoms with Gasteiger partial charge in [-0.25, -0.2) is 4.99 Å². The highest BCUT2D eigenvalue weighted by Crippen LogP contribution is 2.35. The van der Waals surface area contributed by atoms with Crippen LogP contribution in [0.25, 0.3) is 0 Å². The van der Waals surface area contributed by atoms with Crippen LogP contribution in [0.15, 0.2) is 22.5 Å². The fourth-order valence-corrected chi connectivity index (χ4v) is 5.12. The van der Waals surface area contributed by atoms with Gasteiger partial charge in [-0.2, -0.15) is 0 Å². The van der Waals surface area contributed by atoms with Crippen molar-refractivity contribution in [2.45, 2.75) is 63.5 Å². The number of aliphatic imine (C=N–C) groups is 1. The SMILES string of the molecule is CN(C)C(=O)CN=C(NCc1cccs1)NCC1(N2CCCCC2)CCCCC1. The van der Waals surface area contributed by atoms with Gasteiger partial charge in [-0.15, -0.1) is 11.3 Å². The summed E-state index contributed by atoms with van der Waals surface area (Å²) in [6.07, 6.45) is 10.5.